The van der Waals surface area contributed by atoms with E-state index in [9.17, 15) is 9.59 Å². The van der Waals surface area contributed by atoms with E-state index < -0.39 is 11.9 Å². The van der Waals surface area contributed by atoms with Gasteiger partial charge >= 0.3 is 0 Å². The first-order valence-electron chi connectivity index (χ1n) is 5.87. The Morgan fingerprint density at radius 3 is 2.19 bits per heavy atom. The molecule has 0 radical (unpaired) electrons. The zero-order valence-electron chi connectivity index (χ0n) is 10.5. The molecule has 0 bridgehead atoms. The number of hydrogen-bond acceptors (Lipinski definition) is 3. The highest BCUT2D eigenvalue weighted by atomic mass is 16.2. The molecule has 0 saturated heterocycles. The summed E-state index contributed by atoms with van der Waals surface area (Å²) in [7, 11) is 0. The molecule has 0 heterocycles. The smallest absolute Gasteiger partial charge is 0.235 e. The first kappa shape index (κ1) is 14.9. The van der Waals surface area contributed by atoms with Crippen LogP contribution in [0.15, 0.2) is 0 Å². The van der Waals surface area contributed by atoms with Crippen LogP contribution in [0.5, 0.6) is 0 Å². The lowest BCUT2D eigenvalue weighted by Crippen LogP contribution is -2.45. The Kier molecular flexibility index (Phi) is 7.54. The monoisotopic (exact) mass is 229 g/mol. The van der Waals surface area contributed by atoms with Gasteiger partial charge in [0.05, 0.1) is 12.5 Å². The van der Waals surface area contributed by atoms with Gasteiger partial charge in [0.2, 0.25) is 11.8 Å². The number of rotatable bonds is 8. The fourth-order valence-electron chi connectivity index (χ4n) is 1.47. The van der Waals surface area contributed by atoms with Crippen LogP contribution < -0.4 is 11.1 Å². The maximum atomic E-state index is 11.8. The van der Waals surface area contributed by atoms with Gasteiger partial charge in [-0.25, -0.2) is 0 Å². The van der Waals surface area contributed by atoms with Gasteiger partial charge in [-0.05, 0) is 26.8 Å². The normalized spacial score (nSPS) is 12.2. The van der Waals surface area contributed by atoms with E-state index in [2.05, 4.69) is 5.32 Å². The molecule has 0 spiro atoms. The Hall–Kier alpha value is -1.10. The fourth-order valence-corrected chi connectivity index (χ4v) is 1.47. The van der Waals surface area contributed by atoms with Gasteiger partial charge in [-0.3, -0.25) is 9.59 Å². The molecular formula is C11H23N3O2. The summed E-state index contributed by atoms with van der Waals surface area (Å²) >= 11 is 0. The third-order valence-corrected chi connectivity index (χ3v) is 2.48. The minimum absolute atomic E-state index is 0.0302. The summed E-state index contributed by atoms with van der Waals surface area (Å²) in [6.07, 6.45) is 1.06. The maximum absolute atomic E-state index is 11.8. The van der Waals surface area contributed by atoms with E-state index in [1.165, 1.54) is 0 Å². The van der Waals surface area contributed by atoms with Crippen LogP contribution in [-0.2, 0) is 9.59 Å². The standard InChI is InChI=1S/C11H23N3O2/c1-4-7-13-9(11(12)16)8-10(15)14(5-2)6-3/h9,13H,4-8H2,1-3H3,(H2,12,16). The molecule has 94 valence electrons. The molecule has 0 fully saturated rings. The Morgan fingerprint density at radius 2 is 1.81 bits per heavy atom. The molecule has 1 atom stereocenters. The Balaban J connectivity index is 4.27. The molecule has 0 aliphatic rings. The van der Waals surface area contributed by atoms with Gasteiger partial charge in [0.15, 0.2) is 0 Å². The van der Waals surface area contributed by atoms with Crippen molar-refractivity contribution in [2.45, 2.75) is 39.7 Å². The summed E-state index contributed by atoms with van der Waals surface area (Å²) in [6, 6.07) is -0.548. The predicted octanol–water partition coefficient (Wildman–Crippen LogP) is 0.0984. The van der Waals surface area contributed by atoms with Crippen molar-refractivity contribution in [2.24, 2.45) is 5.73 Å². The second-order valence-electron chi connectivity index (χ2n) is 3.68. The van der Waals surface area contributed by atoms with Gasteiger partial charge in [-0.15, -0.1) is 0 Å². The molecule has 0 aromatic rings. The molecule has 2 amide bonds. The van der Waals surface area contributed by atoms with E-state index >= 15 is 0 Å². The number of carbonyl (C=O) groups is 2. The Bertz CT molecular complexity index is 227. The first-order chi connectivity index (χ1) is 7.56. The number of primary amides is 1. The largest absolute Gasteiger partial charge is 0.368 e. The summed E-state index contributed by atoms with van der Waals surface area (Å²) in [6.45, 7) is 7.85. The number of nitrogens with zero attached hydrogens (tertiary/aromatic N) is 1. The van der Waals surface area contributed by atoms with E-state index in [1.807, 2.05) is 20.8 Å². The molecule has 16 heavy (non-hydrogen) atoms. The molecule has 0 rings (SSSR count). The van der Waals surface area contributed by atoms with Crippen molar-refractivity contribution in [3.05, 3.63) is 0 Å². The lowest BCUT2D eigenvalue weighted by molar-refractivity contribution is -0.133. The van der Waals surface area contributed by atoms with Crippen molar-refractivity contribution in [3.8, 4) is 0 Å². The van der Waals surface area contributed by atoms with Crippen LogP contribution in [0.1, 0.15) is 33.6 Å². The molecule has 5 nitrogen and oxygen atoms in total. The van der Waals surface area contributed by atoms with Crippen molar-refractivity contribution in [2.75, 3.05) is 19.6 Å². The molecular weight excluding hydrogens is 206 g/mol. The highest BCUT2D eigenvalue weighted by Crippen LogP contribution is 1.99. The second-order valence-corrected chi connectivity index (χ2v) is 3.68. The average molecular weight is 229 g/mol. The molecule has 5 heteroatoms. The molecule has 0 aliphatic carbocycles. The zero-order chi connectivity index (χ0) is 12.6. The summed E-state index contributed by atoms with van der Waals surface area (Å²) in [4.78, 5) is 24.6. The minimum atomic E-state index is -0.548. The maximum Gasteiger partial charge on any atom is 0.235 e. The predicted molar refractivity (Wildman–Crippen MR) is 63.8 cm³/mol. The lowest BCUT2D eigenvalue weighted by Gasteiger charge is -2.21. The fraction of sp³-hybridized carbons (Fsp3) is 0.818. The Morgan fingerprint density at radius 1 is 1.25 bits per heavy atom. The van der Waals surface area contributed by atoms with Gasteiger partial charge in [-0.2, -0.15) is 0 Å². The van der Waals surface area contributed by atoms with Gasteiger partial charge < -0.3 is 16.0 Å². The van der Waals surface area contributed by atoms with Gasteiger partial charge in [0.25, 0.3) is 0 Å². The van der Waals surface area contributed by atoms with E-state index in [0.29, 0.717) is 19.6 Å². The highest BCUT2D eigenvalue weighted by molar-refractivity contribution is 5.87. The SMILES string of the molecule is CCCNC(CC(=O)N(CC)CC)C(N)=O. The van der Waals surface area contributed by atoms with Crippen molar-refractivity contribution >= 4 is 11.8 Å². The van der Waals surface area contributed by atoms with E-state index in [0.717, 1.165) is 6.42 Å². The third-order valence-electron chi connectivity index (χ3n) is 2.48. The van der Waals surface area contributed by atoms with E-state index in [-0.39, 0.29) is 12.3 Å². The van der Waals surface area contributed by atoms with Gasteiger partial charge in [0.1, 0.15) is 0 Å². The summed E-state index contributed by atoms with van der Waals surface area (Å²) in [5, 5.41) is 2.98. The molecule has 3 N–H and O–H groups in total. The number of nitrogens with one attached hydrogen (secondary N) is 1. The molecule has 0 aromatic heterocycles. The quantitative estimate of drug-likeness (QED) is 0.620. The highest BCUT2D eigenvalue weighted by Gasteiger charge is 2.20. The number of amides is 2. The van der Waals surface area contributed by atoms with Crippen molar-refractivity contribution in [1.82, 2.24) is 10.2 Å². The van der Waals surface area contributed by atoms with Crippen molar-refractivity contribution in [1.29, 1.82) is 0 Å². The summed E-state index contributed by atoms with van der Waals surface area (Å²) in [5.74, 6) is -0.494. The third kappa shape index (κ3) is 5.11. The van der Waals surface area contributed by atoms with Crippen LogP contribution in [0.3, 0.4) is 0 Å². The molecule has 1 unspecified atom stereocenters. The van der Waals surface area contributed by atoms with Crippen LogP contribution in [0, 0.1) is 0 Å². The van der Waals surface area contributed by atoms with E-state index in [4.69, 9.17) is 5.73 Å². The Labute approximate surface area is 97.4 Å². The average Bonchev–Trinajstić information content (AvgIpc) is 2.25. The second kappa shape index (κ2) is 8.10. The van der Waals surface area contributed by atoms with Crippen molar-refractivity contribution in [3.63, 3.8) is 0 Å². The summed E-state index contributed by atoms with van der Waals surface area (Å²) in [5.41, 5.74) is 5.24. The topological polar surface area (TPSA) is 75.4 Å². The molecule has 0 aliphatic heterocycles. The molecule has 0 aromatic carbocycles. The first-order valence-corrected chi connectivity index (χ1v) is 5.87. The van der Waals surface area contributed by atoms with Crippen LogP contribution in [-0.4, -0.2) is 42.4 Å². The van der Waals surface area contributed by atoms with Crippen LogP contribution in [0.4, 0.5) is 0 Å². The van der Waals surface area contributed by atoms with Crippen LogP contribution in [0.2, 0.25) is 0 Å². The van der Waals surface area contributed by atoms with Crippen molar-refractivity contribution < 1.29 is 9.59 Å². The minimum Gasteiger partial charge on any atom is -0.368 e. The zero-order valence-corrected chi connectivity index (χ0v) is 10.5. The number of nitrogens with two attached hydrogens (primary N) is 1. The van der Waals surface area contributed by atoms with Crippen LogP contribution in [0.25, 0.3) is 0 Å². The van der Waals surface area contributed by atoms with Gasteiger partial charge in [-0.1, -0.05) is 6.92 Å². The van der Waals surface area contributed by atoms with Crippen LogP contribution >= 0.6 is 0 Å². The number of carbonyl (C=O) groups excluding carboxylic acids is 2. The lowest BCUT2D eigenvalue weighted by atomic mass is 10.1. The number of hydrogen-bond donors (Lipinski definition) is 2. The van der Waals surface area contributed by atoms with E-state index in [1.54, 1.807) is 4.90 Å². The van der Waals surface area contributed by atoms with Gasteiger partial charge in [0, 0.05) is 13.1 Å². The summed E-state index contributed by atoms with van der Waals surface area (Å²) < 4.78 is 0. The molecule has 0 saturated carbocycles.